The Kier molecular flexibility index (Phi) is 5.99. The van der Waals surface area contributed by atoms with E-state index in [4.69, 9.17) is 14.2 Å². The molecule has 1 aliphatic carbocycles. The lowest BCUT2D eigenvalue weighted by atomic mass is 9.91. The molecule has 148 valence electrons. The van der Waals surface area contributed by atoms with Gasteiger partial charge in [-0.3, -0.25) is 4.79 Å². The number of piperidine rings is 1. The van der Waals surface area contributed by atoms with Gasteiger partial charge in [-0.05, 0) is 39.7 Å². The first-order valence-electron chi connectivity index (χ1n) is 9.53. The number of ether oxygens (including phenoxy) is 3. The molecule has 2 fully saturated rings. The van der Waals surface area contributed by atoms with Crippen LogP contribution in [0.25, 0.3) is 0 Å². The maximum Gasteiger partial charge on any atom is 0.410 e. The predicted octanol–water partition coefficient (Wildman–Crippen LogP) is 3.22. The minimum atomic E-state index is -0.467. The normalized spacial score (nSPS) is 23.4. The Morgan fingerprint density at radius 1 is 1.19 bits per heavy atom. The second kappa shape index (κ2) is 8.25. The highest BCUT2D eigenvalue weighted by Gasteiger charge is 2.35. The molecule has 2 aliphatic rings. The maximum atomic E-state index is 12.1. The summed E-state index contributed by atoms with van der Waals surface area (Å²) < 4.78 is 17.3. The lowest BCUT2D eigenvalue weighted by Gasteiger charge is -2.39. The van der Waals surface area contributed by atoms with Gasteiger partial charge in [0.05, 0.1) is 12.2 Å². The van der Waals surface area contributed by atoms with Gasteiger partial charge in [0.2, 0.25) is 5.88 Å². The monoisotopic (exact) mass is 376 g/mol. The number of aldehydes is 1. The Hall–Kier alpha value is -2.15. The molecule has 1 aromatic heterocycles. The van der Waals surface area contributed by atoms with Crippen LogP contribution in [-0.2, 0) is 9.47 Å². The Bertz CT molecular complexity index is 659. The van der Waals surface area contributed by atoms with Crippen LogP contribution in [0.3, 0.4) is 0 Å². The highest BCUT2D eigenvalue weighted by molar-refractivity contribution is 5.74. The van der Waals surface area contributed by atoms with E-state index in [-0.39, 0.29) is 24.4 Å². The van der Waals surface area contributed by atoms with Crippen LogP contribution in [0.2, 0.25) is 0 Å². The van der Waals surface area contributed by atoms with Crippen LogP contribution < -0.4 is 4.74 Å². The summed E-state index contributed by atoms with van der Waals surface area (Å²) in [5, 5.41) is 0. The Morgan fingerprint density at radius 3 is 2.52 bits per heavy atom. The van der Waals surface area contributed by atoms with Crippen molar-refractivity contribution in [1.82, 2.24) is 9.88 Å². The van der Waals surface area contributed by atoms with E-state index in [9.17, 15) is 9.59 Å². The van der Waals surface area contributed by atoms with Gasteiger partial charge in [-0.2, -0.15) is 0 Å². The largest absolute Gasteiger partial charge is 0.474 e. The molecule has 3 rings (SSSR count). The van der Waals surface area contributed by atoms with Gasteiger partial charge in [0.15, 0.2) is 0 Å². The summed E-state index contributed by atoms with van der Waals surface area (Å²) in [6.45, 7) is 6.95. The summed E-state index contributed by atoms with van der Waals surface area (Å²) in [5.74, 6) is 0.480. The number of likely N-dealkylation sites (tertiary alicyclic amines) is 1. The van der Waals surface area contributed by atoms with Gasteiger partial charge in [-0.15, -0.1) is 0 Å². The van der Waals surface area contributed by atoms with Crippen LogP contribution in [0.15, 0.2) is 18.3 Å². The van der Waals surface area contributed by atoms with E-state index >= 15 is 0 Å². The molecule has 1 aliphatic heterocycles. The van der Waals surface area contributed by atoms with Crippen molar-refractivity contribution >= 4 is 12.4 Å². The second-order valence-corrected chi connectivity index (χ2v) is 8.18. The third-order valence-corrected chi connectivity index (χ3v) is 4.71. The fourth-order valence-electron chi connectivity index (χ4n) is 3.23. The van der Waals surface area contributed by atoms with Crippen molar-refractivity contribution < 1.29 is 23.8 Å². The van der Waals surface area contributed by atoms with Gasteiger partial charge in [0.1, 0.15) is 18.0 Å². The van der Waals surface area contributed by atoms with Crippen molar-refractivity contribution in [3.63, 3.8) is 0 Å². The molecular formula is C20H28N2O5. The van der Waals surface area contributed by atoms with Gasteiger partial charge >= 0.3 is 6.09 Å². The van der Waals surface area contributed by atoms with Crippen molar-refractivity contribution in [2.24, 2.45) is 0 Å². The number of carbonyl (C=O) groups excluding carboxylic acids is 2. The van der Waals surface area contributed by atoms with Crippen LogP contribution in [0.5, 0.6) is 5.88 Å². The number of hydrogen-bond donors (Lipinski definition) is 0. The van der Waals surface area contributed by atoms with Gasteiger partial charge in [-0.25, -0.2) is 9.78 Å². The molecule has 0 N–H and O–H groups in total. The molecule has 0 aromatic carbocycles. The molecule has 1 saturated heterocycles. The number of aromatic nitrogens is 1. The van der Waals surface area contributed by atoms with E-state index in [1.54, 1.807) is 23.2 Å². The molecular weight excluding hydrogens is 348 g/mol. The van der Waals surface area contributed by atoms with Gasteiger partial charge in [0, 0.05) is 43.8 Å². The summed E-state index contributed by atoms with van der Waals surface area (Å²) in [5.41, 5.74) is 0.0923. The Labute approximate surface area is 160 Å². The average molecular weight is 376 g/mol. The quantitative estimate of drug-likeness (QED) is 0.734. The topological polar surface area (TPSA) is 78.0 Å². The third-order valence-electron chi connectivity index (χ3n) is 4.71. The fraction of sp³-hybridized carbons (Fsp3) is 0.650. The number of carbonyl (C=O) groups is 2. The molecule has 1 amide bonds. The summed E-state index contributed by atoms with van der Waals surface area (Å²) in [4.78, 5) is 28.8. The fourth-order valence-corrected chi connectivity index (χ4v) is 3.23. The van der Waals surface area contributed by atoms with Crippen molar-refractivity contribution in [2.75, 3.05) is 13.1 Å². The zero-order valence-corrected chi connectivity index (χ0v) is 16.2. The number of nitrogens with zero attached hydrogens (tertiary/aromatic N) is 2. The molecule has 2 heterocycles. The van der Waals surface area contributed by atoms with E-state index in [1.807, 2.05) is 20.8 Å². The number of hydrogen-bond acceptors (Lipinski definition) is 6. The Morgan fingerprint density at radius 2 is 1.89 bits per heavy atom. The number of pyridine rings is 1. The van der Waals surface area contributed by atoms with Crippen LogP contribution in [0.4, 0.5) is 4.79 Å². The molecule has 27 heavy (non-hydrogen) atoms. The van der Waals surface area contributed by atoms with Crippen LogP contribution in [0.1, 0.15) is 56.8 Å². The molecule has 0 unspecified atom stereocenters. The lowest BCUT2D eigenvalue weighted by molar-refractivity contribution is -0.110. The maximum absolute atomic E-state index is 12.1. The summed E-state index contributed by atoms with van der Waals surface area (Å²) in [7, 11) is 0. The highest BCUT2D eigenvalue weighted by Crippen LogP contribution is 2.30. The van der Waals surface area contributed by atoms with Gasteiger partial charge in [0.25, 0.3) is 0 Å². The SMILES string of the molecule is CC(C)(C)OC(=O)N1CCC(O[C@H]2C[C@H](Oc3cc(C=O)ccn3)C2)CC1. The van der Waals surface area contributed by atoms with E-state index < -0.39 is 5.60 Å². The minimum absolute atomic E-state index is 0.0752. The molecule has 1 saturated carbocycles. The average Bonchev–Trinajstić information content (AvgIpc) is 2.59. The molecule has 7 heteroatoms. The first-order chi connectivity index (χ1) is 12.8. The van der Waals surface area contributed by atoms with Crippen molar-refractivity contribution in [1.29, 1.82) is 0 Å². The van der Waals surface area contributed by atoms with Crippen molar-refractivity contribution in [3.8, 4) is 5.88 Å². The smallest absolute Gasteiger partial charge is 0.410 e. The Balaban J connectivity index is 1.35. The number of amides is 1. The van der Waals surface area contributed by atoms with E-state index in [1.165, 1.54) is 0 Å². The number of rotatable bonds is 5. The highest BCUT2D eigenvalue weighted by atomic mass is 16.6. The van der Waals surface area contributed by atoms with Crippen molar-refractivity contribution in [2.45, 2.75) is 70.4 Å². The summed E-state index contributed by atoms with van der Waals surface area (Å²) in [6.07, 6.45) is 5.82. The molecule has 0 spiro atoms. The van der Waals surface area contributed by atoms with Crippen LogP contribution in [0, 0.1) is 0 Å². The molecule has 0 radical (unpaired) electrons. The van der Waals surface area contributed by atoms with Crippen LogP contribution >= 0.6 is 0 Å². The van der Waals surface area contributed by atoms with E-state index in [0.29, 0.717) is 24.5 Å². The third kappa shape index (κ3) is 5.66. The summed E-state index contributed by atoms with van der Waals surface area (Å²) in [6, 6.07) is 3.30. The molecule has 0 bridgehead atoms. The predicted molar refractivity (Wildman–Crippen MR) is 99.0 cm³/mol. The van der Waals surface area contributed by atoms with E-state index in [2.05, 4.69) is 4.98 Å². The molecule has 7 nitrogen and oxygen atoms in total. The zero-order chi connectivity index (χ0) is 19.4. The van der Waals surface area contributed by atoms with E-state index in [0.717, 1.165) is 32.0 Å². The van der Waals surface area contributed by atoms with Crippen molar-refractivity contribution in [3.05, 3.63) is 23.9 Å². The standard InChI is InChI=1S/C20H28N2O5/c1-20(2,3)27-19(24)22-8-5-15(6-9-22)25-16-11-17(12-16)26-18-10-14(13-23)4-7-21-18/h4,7,10,13,15-17H,5-6,8-9,11-12H2,1-3H3/t16-,17-. The lowest BCUT2D eigenvalue weighted by Crippen LogP contribution is -2.46. The minimum Gasteiger partial charge on any atom is -0.474 e. The zero-order valence-electron chi connectivity index (χ0n) is 16.2. The first-order valence-corrected chi connectivity index (χ1v) is 9.53. The molecule has 0 atom stereocenters. The van der Waals surface area contributed by atoms with Gasteiger partial charge < -0.3 is 19.1 Å². The van der Waals surface area contributed by atoms with Gasteiger partial charge in [-0.1, -0.05) is 0 Å². The summed E-state index contributed by atoms with van der Waals surface area (Å²) >= 11 is 0. The first kappa shape index (κ1) is 19.6. The van der Waals surface area contributed by atoms with Crippen LogP contribution in [-0.4, -0.2) is 59.3 Å². The molecule has 1 aromatic rings. The second-order valence-electron chi connectivity index (χ2n) is 8.18.